The second-order valence-corrected chi connectivity index (χ2v) is 12.3. The van der Waals surface area contributed by atoms with Crippen LogP contribution in [0, 0.1) is 12.7 Å². The number of nitrogens with zero attached hydrogens (tertiary/aromatic N) is 3. The van der Waals surface area contributed by atoms with Crippen LogP contribution in [0.2, 0.25) is 0 Å². The number of amides is 1. The van der Waals surface area contributed by atoms with Gasteiger partial charge in [0.2, 0.25) is 5.13 Å². The number of hydrogen-bond acceptors (Lipinski definition) is 9. The molecule has 1 aliphatic heterocycles. The number of methoxy groups -OCH3 is 1. The average molecular weight is 640 g/mol. The summed E-state index contributed by atoms with van der Waals surface area (Å²) in [7, 11) is 1.32. The first-order valence-electron chi connectivity index (χ1n) is 13.8. The number of aryl methyl sites for hydroxylation is 1. The van der Waals surface area contributed by atoms with Gasteiger partial charge >= 0.3 is 5.91 Å². The van der Waals surface area contributed by atoms with Gasteiger partial charge in [-0.1, -0.05) is 83.3 Å². The van der Waals surface area contributed by atoms with Crippen molar-refractivity contribution in [2.45, 2.75) is 23.1 Å². The second-order valence-electron chi connectivity index (χ2n) is 10.1. The lowest BCUT2D eigenvalue weighted by Gasteiger charge is -2.23. The highest BCUT2D eigenvalue weighted by Crippen LogP contribution is 2.45. The Balaban J connectivity index is 1.40. The zero-order valence-corrected chi connectivity index (χ0v) is 25.8. The zero-order valence-electron chi connectivity index (χ0n) is 24.1. The normalized spacial score (nSPS) is 15.8. The monoisotopic (exact) mass is 639 g/mol. The van der Waals surface area contributed by atoms with E-state index in [1.807, 2.05) is 49.4 Å². The van der Waals surface area contributed by atoms with Gasteiger partial charge in [-0.3, -0.25) is 14.5 Å². The lowest BCUT2D eigenvalue weighted by atomic mass is 9.95. The van der Waals surface area contributed by atoms with Crippen molar-refractivity contribution >= 4 is 45.7 Å². The van der Waals surface area contributed by atoms with E-state index in [0.717, 1.165) is 28.5 Å². The highest BCUT2D eigenvalue weighted by atomic mass is 32.2. The Labute approximate surface area is 266 Å². The molecule has 0 radical (unpaired) electrons. The number of aliphatic hydroxyl groups excluding tert-OH is 1. The summed E-state index contributed by atoms with van der Waals surface area (Å²) in [5.74, 6) is -1.44. The molecule has 1 atom stereocenters. The number of carbonyl (C=O) groups excluding carboxylic acids is 2. The predicted molar refractivity (Wildman–Crippen MR) is 171 cm³/mol. The standard InChI is InChI=1S/C34H26FN3O5S2/c1-20-11-13-21(14-12-20)19-44-34-37-36-33(45-34)38-29(22-7-6-10-25(17-22)43-24-8-4-3-5-9-24)28(31(40)32(38)41)30(39)23-15-16-27(42-2)26(35)18-23/h3-18,29,39H,19H2,1-2H3. The fraction of sp³-hybridized carbons (Fsp3) is 0.118. The maximum Gasteiger partial charge on any atom is 0.301 e. The van der Waals surface area contributed by atoms with E-state index in [2.05, 4.69) is 10.2 Å². The minimum atomic E-state index is -1.10. The van der Waals surface area contributed by atoms with Crippen molar-refractivity contribution in [1.82, 2.24) is 10.2 Å². The van der Waals surface area contributed by atoms with Crippen molar-refractivity contribution in [3.8, 4) is 17.2 Å². The van der Waals surface area contributed by atoms with Gasteiger partial charge in [0, 0.05) is 11.3 Å². The number of anilines is 1. The molecule has 1 N–H and O–H groups in total. The Bertz CT molecular complexity index is 1910. The lowest BCUT2D eigenvalue weighted by molar-refractivity contribution is -0.132. The predicted octanol–water partition coefficient (Wildman–Crippen LogP) is 7.71. The van der Waals surface area contributed by atoms with Crippen LogP contribution < -0.4 is 14.4 Å². The molecule has 4 aromatic carbocycles. The first kappa shape index (κ1) is 30.0. The molecule has 0 saturated carbocycles. The molecule has 1 amide bonds. The third kappa shape index (κ3) is 6.31. The number of ether oxygens (including phenoxy) is 2. The minimum absolute atomic E-state index is 0.0135. The molecular formula is C34H26FN3O5S2. The van der Waals surface area contributed by atoms with Gasteiger partial charge < -0.3 is 14.6 Å². The summed E-state index contributed by atoms with van der Waals surface area (Å²) in [6.07, 6.45) is 0. The van der Waals surface area contributed by atoms with Gasteiger partial charge in [0.05, 0.1) is 18.7 Å². The largest absolute Gasteiger partial charge is 0.507 e. The number of aliphatic hydroxyl groups is 1. The number of benzene rings is 4. The number of rotatable bonds is 9. The SMILES string of the molecule is COc1ccc(C(O)=C2C(=O)C(=O)N(c3nnc(SCc4ccc(C)cc4)s3)C2c2cccc(Oc3ccccc3)c2)cc1F. The van der Waals surface area contributed by atoms with Gasteiger partial charge in [-0.05, 0) is 60.5 Å². The number of ketones is 1. The Morgan fingerprint density at radius 2 is 1.71 bits per heavy atom. The number of halogens is 1. The first-order chi connectivity index (χ1) is 21.8. The minimum Gasteiger partial charge on any atom is -0.507 e. The van der Waals surface area contributed by atoms with Crippen LogP contribution in [0.4, 0.5) is 9.52 Å². The summed E-state index contributed by atoms with van der Waals surface area (Å²) >= 11 is 2.62. The number of hydrogen-bond donors (Lipinski definition) is 1. The smallest absolute Gasteiger partial charge is 0.301 e. The molecular weight excluding hydrogens is 614 g/mol. The third-order valence-electron chi connectivity index (χ3n) is 7.11. The van der Waals surface area contributed by atoms with Crippen LogP contribution in [-0.4, -0.2) is 34.1 Å². The molecule has 1 fully saturated rings. The quantitative estimate of drug-likeness (QED) is 0.0576. The van der Waals surface area contributed by atoms with Crippen molar-refractivity contribution in [3.63, 3.8) is 0 Å². The molecule has 8 nitrogen and oxygen atoms in total. The number of Topliss-reactive ketones (excluding diaryl/α,β-unsaturated/α-hetero) is 1. The summed E-state index contributed by atoms with van der Waals surface area (Å²) in [4.78, 5) is 28.5. The van der Waals surface area contributed by atoms with Crippen LogP contribution in [0.25, 0.3) is 5.76 Å². The van der Waals surface area contributed by atoms with E-state index in [4.69, 9.17) is 9.47 Å². The Morgan fingerprint density at radius 3 is 2.44 bits per heavy atom. The molecule has 1 aromatic heterocycles. The topological polar surface area (TPSA) is 102 Å². The molecule has 5 aromatic rings. The zero-order chi connectivity index (χ0) is 31.5. The van der Waals surface area contributed by atoms with Crippen molar-refractivity contribution < 1.29 is 28.6 Å². The highest BCUT2D eigenvalue weighted by molar-refractivity contribution is 8.00. The fourth-order valence-electron chi connectivity index (χ4n) is 4.87. The Hall–Kier alpha value is -5.00. The summed E-state index contributed by atoms with van der Waals surface area (Å²) in [6, 6.07) is 26.9. The second kappa shape index (κ2) is 12.9. The van der Waals surface area contributed by atoms with Gasteiger partial charge in [-0.15, -0.1) is 10.2 Å². The van der Waals surface area contributed by atoms with E-state index < -0.39 is 29.3 Å². The Kier molecular flexibility index (Phi) is 8.63. The summed E-state index contributed by atoms with van der Waals surface area (Å²) in [6.45, 7) is 2.02. The van der Waals surface area contributed by atoms with E-state index >= 15 is 0 Å². The van der Waals surface area contributed by atoms with Gasteiger partial charge in [0.15, 0.2) is 15.9 Å². The van der Waals surface area contributed by atoms with Crippen LogP contribution in [0.15, 0.2) is 107 Å². The van der Waals surface area contributed by atoms with Crippen molar-refractivity contribution in [2.75, 3.05) is 12.0 Å². The van der Waals surface area contributed by atoms with E-state index in [-0.39, 0.29) is 22.0 Å². The number of aromatic nitrogens is 2. The van der Waals surface area contributed by atoms with E-state index in [9.17, 15) is 19.1 Å². The van der Waals surface area contributed by atoms with Crippen molar-refractivity contribution in [3.05, 3.63) is 131 Å². The van der Waals surface area contributed by atoms with Gasteiger partial charge in [0.1, 0.15) is 17.3 Å². The number of thioether (sulfide) groups is 1. The first-order valence-corrected chi connectivity index (χ1v) is 15.6. The third-order valence-corrected chi connectivity index (χ3v) is 9.23. The van der Waals surface area contributed by atoms with E-state index in [1.165, 1.54) is 35.9 Å². The molecule has 0 aliphatic carbocycles. The van der Waals surface area contributed by atoms with Crippen molar-refractivity contribution in [2.24, 2.45) is 0 Å². The van der Waals surface area contributed by atoms with Crippen LogP contribution >= 0.6 is 23.1 Å². The van der Waals surface area contributed by atoms with Crippen LogP contribution in [0.5, 0.6) is 17.2 Å². The molecule has 1 saturated heterocycles. The van der Waals surface area contributed by atoms with Gasteiger partial charge in [-0.2, -0.15) is 0 Å². The average Bonchev–Trinajstić information content (AvgIpc) is 3.62. The molecule has 1 aliphatic rings. The van der Waals surface area contributed by atoms with Gasteiger partial charge in [-0.25, -0.2) is 4.39 Å². The molecule has 1 unspecified atom stereocenters. The summed E-state index contributed by atoms with van der Waals surface area (Å²) in [5.41, 5.74) is 2.53. The lowest BCUT2D eigenvalue weighted by Crippen LogP contribution is -2.29. The molecule has 45 heavy (non-hydrogen) atoms. The number of para-hydroxylation sites is 1. The van der Waals surface area contributed by atoms with Crippen LogP contribution in [-0.2, 0) is 15.3 Å². The molecule has 0 spiro atoms. The fourth-order valence-corrected chi connectivity index (χ4v) is 6.70. The molecule has 2 heterocycles. The maximum absolute atomic E-state index is 14.7. The summed E-state index contributed by atoms with van der Waals surface area (Å²) < 4.78 is 26.3. The number of carbonyl (C=O) groups is 2. The maximum atomic E-state index is 14.7. The molecule has 226 valence electrons. The van der Waals surface area contributed by atoms with Crippen molar-refractivity contribution in [1.29, 1.82) is 0 Å². The molecule has 6 rings (SSSR count). The van der Waals surface area contributed by atoms with E-state index in [1.54, 1.807) is 36.4 Å². The van der Waals surface area contributed by atoms with Crippen LogP contribution in [0.1, 0.15) is 28.3 Å². The van der Waals surface area contributed by atoms with E-state index in [0.29, 0.717) is 27.2 Å². The molecule has 0 bridgehead atoms. The summed E-state index contributed by atoms with van der Waals surface area (Å²) in [5, 5.41) is 20.2. The van der Waals surface area contributed by atoms with Gasteiger partial charge in [0.25, 0.3) is 5.78 Å². The molecule has 11 heteroatoms. The highest BCUT2D eigenvalue weighted by Gasteiger charge is 2.48. The van der Waals surface area contributed by atoms with Crippen LogP contribution in [0.3, 0.4) is 0 Å². The Morgan fingerprint density at radius 1 is 0.956 bits per heavy atom.